The van der Waals surface area contributed by atoms with Crippen LogP contribution in [-0.4, -0.2) is 86.0 Å². The van der Waals surface area contributed by atoms with Gasteiger partial charge in [-0.2, -0.15) is 13.2 Å². The van der Waals surface area contributed by atoms with Crippen molar-refractivity contribution < 1.29 is 36.7 Å². The Balaban J connectivity index is 1.25. The number of alkyl halides is 3. The van der Waals surface area contributed by atoms with E-state index >= 15 is 0 Å². The number of likely N-dealkylation sites (tertiary alicyclic amines) is 1. The molecule has 3 saturated heterocycles. The molecule has 3 aliphatic heterocycles. The minimum absolute atomic E-state index is 0.00343. The van der Waals surface area contributed by atoms with Gasteiger partial charge in [-0.05, 0) is 70.1 Å². The molecule has 0 saturated carbocycles. The predicted octanol–water partition coefficient (Wildman–Crippen LogP) is 4.78. The van der Waals surface area contributed by atoms with Crippen molar-refractivity contribution in [2.75, 3.05) is 40.0 Å². The standard InChI is InChI=1S/C35H47F3N6O5/c1-21-18-29(43-49-21)33(39)42-32(34(45)44-15-12-26(13-16-44)41-28-14-17-47-20-31(28)46-4)22(2)23(3)40-19-27-6-5-7-30(48-27)24-8-10-25(11-9-24)35(36,37)38/h8-11,18,26-28,30-31,40-41H,3,5-7,12-17,19-20H2,1-2,4H3,(H2,39,42)/b32-22-/t27-,28-,30+,31+/m1/s1. The van der Waals surface area contributed by atoms with Crippen LogP contribution < -0.4 is 16.4 Å². The Labute approximate surface area is 285 Å². The first-order valence-corrected chi connectivity index (χ1v) is 16.8. The van der Waals surface area contributed by atoms with Crippen LogP contribution in [0.5, 0.6) is 0 Å². The number of carbonyl (C=O) groups is 1. The number of benzene rings is 1. The number of aryl methyl sites for hydroxylation is 1. The van der Waals surface area contributed by atoms with E-state index in [1.807, 2.05) is 0 Å². The zero-order valence-electron chi connectivity index (χ0n) is 28.4. The number of carbonyl (C=O) groups excluding carboxylic acids is 1. The zero-order chi connectivity index (χ0) is 35.1. The Kier molecular flexibility index (Phi) is 12.2. The number of nitrogens with zero attached hydrogens (tertiary/aromatic N) is 3. The molecule has 4 atom stereocenters. The summed E-state index contributed by atoms with van der Waals surface area (Å²) in [5, 5.41) is 11.0. The summed E-state index contributed by atoms with van der Waals surface area (Å²) in [6.07, 6.45) is -0.175. The highest BCUT2D eigenvalue weighted by Gasteiger charge is 2.33. The Morgan fingerprint density at radius 2 is 1.90 bits per heavy atom. The molecule has 268 valence electrons. The summed E-state index contributed by atoms with van der Waals surface area (Å²) in [5.74, 6) is 0.341. The maximum atomic E-state index is 14.0. The molecule has 4 N–H and O–H groups in total. The van der Waals surface area contributed by atoms with E-state index in [1.165, 1.54) is 12.1 Å². The monoisotopic (exact) mass is 688 g/mol. The second-order valence-electron chi connectivity index (χ2n) is 12.9. The van der Waals surface area contributed by atoms with Crippen LogP contribution in [0.4, 0.5) is 13.2 Å². The number of nitrogens with one attached hydrogen (secondary N) is 2. The van der Waals surface area contributed by atoms with Gasteiger partial charge in [-0.1, -0.05) is 23.9 Å². The number of amidine groups is 1. The fraction of sp³-hybridized carbons (Fsp3) is 0.571. The summed E-state index contributed by atoms with van der Waals surface area (Å²) in [4.78, 5) is 20.4. The van der Waals surface area contributed by atoms with Gasteiger partial charge in [-0.15, -0.1) is 0 Å². The van der Waals surface area contributed by atoms with Crippen molar-refractivity contribution in [1.82, 2.24) is 20.7 Å². The predicted molar refractivity (Wildman–Crippen MR) is 177 cm³/mol. The molecule has 3 aliphatic rings. The van der Waals surface area contributed by atoms with Gasteiger partial charge in [0.1, 0.15) is 17.2 Å². The van der Waals surface area contributed by atoms with Crippen LogP contribution in [0.2, 0.25) is 0 Å². The van der Waals surface area contributed by atoms with Gasteiger partial charge < -0.3 is 40.0 Å². The van der Waals surface area contributed by atoms with Crippen LogP contribution in [0.3, 0.4) is 0 Å². The van der Waals surface area contributed by atoms with Crippen LogP contribution in [0.15, 0.2) is 63.4 Å². The van der Waals surface area contributed by atoms with Crippen molar-refractivity contribution in [3.63, 3.8) is 0 Å². The lowest BCUT2D eigenvalue weighted by Crippen LogP contribution is -2.54. The average Bonchev–Trinajstić information content (AvgIpc) is 3.55. The van der Waals surface area contributed by atoms with Gasteiger partial charge >= 0.3 is 6.18 Å². The largest absolute Gasteiger partial charge is 0.416 e. The number of amides is 1. The highest BCUT2D eigenvalue weighted by molar-refractivity contribution is 6.02. The number of aliphatic imine (C=N–C) groups is 1. The van der Waals surface area contributed by atoms with Gasteiger partial charge in [0, 0.05) is 62.8 Å². The normalized spacial score (nSPS) is 24.8. The molecule has 0 unspecified atom stereocenters. The molecule has 1 aromatic carbocycles. The molecule has 49 heavy (non-hydrogen) atoms. The van der Waals surface area contributed by atoms with E-state index in [4.69, 9.17) is 24.5 Å². The van der Waals surface area contributed by atoms with Crippen molar-refractivity contribution in [2.24, 2.45) is 10.7 Å². The molecule has 0 radical (unpaired) electrons. The molecule has 0 bridgehead atoms. The molecule has 4 heterocycles. The maximum absolute atomic E-state index is 14.0. The van der Waals surface area contributed by atoms with Gasteiger partial charge in [0.2, 0.25) is 0 Å². The number of nitrogens with two attached hydrogens (primary N) is 1. The quantitative estimate of drug-likeness (QED) is 0.132. The average molecular weight is 689 g/mol. The molecular formula is C35H47F3N6O5. The summed E-state index contributed by atoms with van der Waals surface area (Å²) < 4.78 is 61.7. The second-order valence-corrected chi connectivity index (χ2v) is 12.9. The number of rotatable bonds is 11. The van der Waals surface area contributed by atoms with Gasteiger partial charge in [0.05, 0.1) is 30.5 Å². The second kappa shape index (κ2) is 16.3. The molecule has 1 amide bonds. The molecule has 5 rings (SSSR count). The molecule has 1 aromatic heterocycles. The highest BCUT2D eigenvalue weighted by Crippen LogP contribution is 2.34. The third-order valence-electron chi connectivity index (χ3n) is 9.47. The topological polar surface area (TPSA) is 136 Å². The van der Waals surface area contributed by atoms with Crippen molar-refractivity contribution in [1.29, 1.82) is 0 Å². The van der Waals surface area contributed by atoms with Gasteiger partial charge in [-0.25, -0.2) is 4.99 Å². The Morgan fingerprint density at radius 3 is 2.55 bits per heavy atom. The first-order valence-electron chi connectivity index (χ1n) is 16.8. The van der Waals surface area contributed by atoms with E-state index in [1.54, 1.807) is 31.9 Å². The van der Waals surface area contributed by atoms with E-state index in [2.05, 4.69) is 27.4 Å². The summed E-state index contributed by atoms with van der Waals surface area (Å²) in [6, 6.07) is 7.22. The number of methoxy groups -OCH3 is 1. The van der Waals surface area contributed by atoms with Crippen LogP contribution in [-0.2, 0) is 25.2 Å². The molecule has 0 aliphatic carbocycles. The van der Waals surface area contributed by atoms with Gasteiger partial charge in [0.25, 0.3) is 5.91 Å². The highest BCUT2D eigenvalue weighted by atomic mass is 19.4. The fourth-order valence-corrected chi connectivity index (χ4v) is 6.49. The van der Waals surface area contributed by atoms with Crippen LogP contribution in [0.1, 0.15) is 74.1 Å². The van der Waals surface area contributed by atoms with Crippen molar-refractivity contribution in [2.45, 2.75) is 88.9 Å². The van der Waals surface area contributed by atoms with Crippen molar-refractivity contribution in [3.05, 3.63) is 76.5 Å². The van der Waals surface area contributed by atoms with E-state index in [9.17, 15) is 18.0 Å². The lowest BCUT2D eigenvalue weighted by molar-refractivity contribution is -0.137. The van der Waals surface area contributed by atoms with Gasteiger partial charge in [0.15, 0.2) is 5.84 Å². The number of allylic oxidation sites excluding steroid dienone is 1. The number of hydrogen-bond acceptors (Lipinski definition) is 9. The number of halogens is 3. The molecule has 0 spiro atoms. The lowest BCUT2D eigenvalue weighted by Gasteiger charge is -2.38. The Hall–Kier alpha value is -3.72. The lowest BCUT2D eigenvalue weighted by atomic mass is 9.97. The maximum Gasteiger partial charge on any atom is 0.416 e. The molecule has 2 aromatic rings. The SMILES string of the molecule is C=C(NC[C@H]1CCC[C@@H](c2ccc(C(F)(F)F)cc2)O1)/C(C)=C(\N=C(N)c1cc(C)on1)C(=O)N1CCC(N[C@@H]2CCOC[C@@H]2OC)CC1. The third-order valence-corrected chi connectivity index (χ3v) is 9.47. The minimum Gasteiger partial charge on any atom is -0.383 e. The van der Waals surface area contributed by atoms with Crippen LogP contribution in [0.25, 0.3) is 0 Å². The van der Waals surface area contributed by atoms with E-state index < -0.39 is 11.7 Å². The summed E-state index contributed by atoms with van der Waals surface area (Å²) >= 11 is 0. The summed E-state index contributed by atoms with van der Waals surface area (Å²) in [6.45, 7) is 10.4. The molecule has 3 fully saturated rings. The summed E-state index contributed by atoms with van der Waals surface area (Å²) in [5.41, 5.74) is 7.82. The molecular weight excluding hydrogens is 641 g/mol. The number of ether oxygens (including phenoxy) is 3. The summed E-state index contributed by atoms with van der Waals surface area (Å²) in [7, 11) is 1.70. The van der Waals surface area contributed by atoms with E-state index in [0.29, 0.717) is 67.6 Å². The Bertz CT molecular complexity index is 1500. The van der Waals surface area contributed by atoms with Crippen molar-refractivity contribution >= 4 is 11.7 Å². The van der Waals surface area contributed by atoms with E-state index in [0.717, 1.165) is 44.2 Å². The smallest absolute Gasteiger partial charge is 0.383 e. The zero-order valence-corrected chi connectivity index (χ0v) is 28.4. The first-order chi connectivity index (χ1) is 23.4. The fourth-order valence-electron chi connectivity index (χ4n) is 6.49. The minimum atomic E-state index is -4.39. The van der Waals surface area contributed by atoms with Crippen molar-refractivity contribution in [3.8, 4) is 0 Å². The van der Waals surface area contributed by atoms with Crippen LogP contribution >= 0.6 is 0 Å². The number of piperidine rings is 1. The van der Waals surface area contributed by atoms with Gasteiger partial charge in [-0.3, -0.25) is 4.79 Å². The third kappa shape index (κ3) is 9.50. The molecule has 11 nitrogen and oxygen atoms in total. The Morgan fingerprint density at radius 1 is 1.16 bits per heavy atom. The van der Waals surface area contributed by atoms with Crippen LogP contribution in [0, 0.1) is 6.92 Å². The van der Waals surface area contributed by atoms with E-state index in [-0.39, 0.29) is 47.8 Å². The molecule has 14 heteroatoms. The first kappa shape index (κ1) is 36.6. The number of aromatic nitrogens is 1. The number of hydrogen-bond donors (Lipinski definition) is 3.